The van der Waals surface area contributed by atoms with Crippen LogP contribution in [-0.2, 0) is 5.41 Å². The van der Waals surface area contributed by atoms with Gasteiger partial charge in [-0.25, -0.2) is 15.4 Å². The third kappa shape index (κ3) is 3.27. The van der Waals surface area contributed by atoms with Crippen molar-refractivity contribution in [2.24, 2.45) is 0 Å². The molecule has 1 fully saturated rings. The van der Waals surface area contributed by atoms with Gasteiger partial charge in [0.15, 0.2) is 0 Å². The van der Waals surface area contributed by atoms with Crippen molar-refractivity contribution >= 4 is 22.9 Å². The second-order valence-corrected chi connectivity index (χ2v) is 9.05. The number of hydrogen-bond donors (Lipinski definition) is 2. The lowest BCUT2D eigenvalue weighted by atomic mass is 9.79. The minimum atomic E-state index is -0.507. The Labute approximate surface area is 189 Å². The summed E-state index contributed by atoms with van der Waals surface area (Å²) >= 11 is 1.68. The molecule has 0 atom stereocenters. The number of imidazole rings is 1. The Bertz CT molecular complexity index is 1290. The first-order valence-electron chi connectivity index (χ1n) is 10.6. The third-order valence-electron chi connectivity index (χ3n) is 6.42. The standard InChI is InChI=1S/C24H24N4O3S/c1-15-21(28-13-18(31-2)9-10-20(28)25-15)19-14-32-23(26-19)24(11-3-4-12-24)17-7-5-16(6-8-17)22(29)27-30/h5-10,13-14,30H,3-4,11-12H2,1-2H3,(H,27,29). The molecule has 1 amide bonds. The van der Waals surface area contributed by atoms with E-state index in [4.69, 9.17) is 19.9 Å². The molecule has 1 aromatic carbocycles. The summed E-state index contributed by atoms with van der Waals surface area (Å²) in [6.07, 6.45) is 6.26. The monoisotopic (exact) mass is 448 g/mol. The number of aryl methyl sites for hydroxylation is 1. The number of amides is 1. The van der Waals surface area contributed by atoms with Crippen molar-refractivity contribution in [1.29, 1.82) is 0 Å². The molecular formula is C24H24N4O3S. The van der Waals surface area contributed by atoms with Gasteiger partial charge < -0.3 is 4.74 Å². The molecule has 3 heterocycles. The molecule has 1 aliphatic carbocycles. The first kappa shape index (κ1) is 20.7. The fourth-order valence-corrected chi connectivity index (χ4v) is 5.87. The topological polar surface area (TPSA) is 88.8 Å². The number of nitrogens with one attached hydrogen (secondary N) is 1. The van der Waals surface area contributed by atoms with E-state index in [2.05, 4.69) is 5.38 Å². The van der Waals surface area contributed by atoms with E-state index in [-0.39, 0.29) is 5.41 Å². The maximum absolute atomic E-state index is 11.7. The Morgan fingerprint density at radius 2 is 1.91 bits per heavy atom. The van der Waals surface area contributed by atoms with Gasteiger partial charge >= 0.3 is 0 Å². The molecule has 0 radical (unpaired) electrons. The number of fused-ring (bicyclic) bond motifs is 1. The van der Waals surface area contributed by atoms with E-state index < -0.39 is 5.91 Å². The van der Waals surface area contributed by atoms with Crippen LogP contribution in [0.2, 0.25) is 0 Å². The highest BCUT2D eigenvalue weighted by Crippen LogP contribution is 2.48. The number of carbonyl (C=O) groups excluding carboxylic acids is 1. The van der Waals surface area contributed by atoms with Crippen LogP contribution in [0.25, 0.3) is 17.0 Å². The van der Waals surface area contributed by atoms with Crippen LogP contribution in [0.4, 0.5) is 0 Å². The molecule has 0 unspecified atom stereocenters. The minimum absolute atomic E-state index is 0.163. The molecule has 0 aliphatic heterocycles. The molecule has 0 bridgehead atoms. The first-order chi connectivity index (χ1) is 15.6. The number of carbonyl (C=O) groups is 1. The van der Waals surface area contributed by atoms with E-state index >= 15 is 0 Å². The van der Waals surface area contributed by atoms with E-state index in [1.54, 1.807) is 36.1 Å². The average molecular weight is 449 g/mol. The molecule has 32 heavy (non-hydrogen) atoms. The van der Waals surface area contributed by atoms with Gasteiger partial charge in [0.2, 0.25) is 0 Å². The Morgan fingerprint density at radius 3 is 2.59 bits per heavy atom. The lowest BCUT2D eigenvalue weighted by molar-refractivity contribution is 0.0706. The summed E-state index contributed by atoms with van der Waals surface area (Å²) in [6, 6.07) is 11.4. The SMILES string of the molecule is COc1ccc2nc(C)c(-c3csc(C4(c5ccc(C(=O)NO)cc5)CCCC4)n3)n2c1. The molecule has 1 aliphatic rings. The fraction of sp³-hybridized carbons (Fsp3) is 0.292. The van der Waals surface area contributed by atoms with Crippen LogP contribution in [0.15, 0.2) is 48.0 Å². The van der Waals surface area contributed by atoms with Crippen LogP contribution in [0.1, 0.15) is 52.3 Å². The van der Waals surface area contributed by atoms with E-state index in [1.807, 2.05) is 41.8 Å². The molecule has 2 N–H and O–H groups in total. The molecule has 8 heteroatoms. The van der Waals surface area contributed by atoms with Crippen molar-refractivity contribution in [2.75, 3.05) is 7.11 Å². The Balaban J connectivity index is 1.58. The first-order valence-corrected chi connectivity index (χ1v) is 11.5. The number of hydrogen-bond acceptors (Lipinski definition) is 6. The number of benzene rings is 1. The van der Waals surface area contributed by atoms with E-state index in [0.717, 1.165) is 64.7 Å². The normalized spacial score (nSPS) is 15.2. The van der Waals surface area contributed by atoms with Crippen LogP contribution in [0, 0.1) is 6.92 Å². The molecule has 164 valence electrons. The fourth-order valence-electron chi connectivity index (χ4n) is 4.78. The van der Waals surface area contributed by atoms with Gasteiger partial charge in [0, 0.05) is 16.4 Å². The van der Waals surface area contributed by atoms with E-state index in [9.17, 15) is 4.79 Å². The smallest absolute Gasteiger partial charge is 0.274 e. The average Bonchev–Trinajstić information content (AvgIpc) is 3.56. The molecule has 0 spiro atoms. The van der Waals surface area contributed by atoms with Gasteiger partial charge in [-0.15, -0.1) is 11.3 Å². The number of methoxy groups -OCH3 is 1. The maximum atomic E-state index is 11.7. The summed E-state index contributed by atoms with van der Waals surface area (Å²) in [4.78, 5) is 21.5. The largest absolute Gasteiger partial charge is 0.495 e. The molecule has 1 saturated carbocycles. The zero-order chi connectivity index (χ0) is 22.3. The zero-order valence-electron chi connectivity index (χ0n) is 18.0. The van der Waals surface area contributed by atoms with Gasteiger partial charge in [-0.1, -0.05) is 25.0 Å². The van der Waals surface area contributed by atoms with Crippen molar-refractivity contribution in [3.63, 3.8) is 0 Å². The van der Waals surface area contributed by atoms with Crippen molar-refractivity contribution in [2.45, 2.75) is 38.0 Å². The minimum Gasteiger partial charge on any atom is -0.495 e. The van der Waals surface area contributed by atoms with Crippen LogP contribution >= 0.6 is 11.3 Å². The molecule has 4 aromatic rings. The number of rotatable bonds is 5. The number of nitrogens with zero attached hydrogens (tertiary/aromatic N) is 3. The molecule has 0 saturated heterocycles. The maximum Gasteiger partial charge on any atom is 0.274 e. The summed E-state index contributed by atoms with van der Waals surface area (Å²) in [7, 11) is 1.66. The summed E-state index contributed by atoms with van der Waals surface area (Å²) in [5, 5.41) is 12.1. The predicted molar refractivity (Wildman–Crippen MR) is 123 cm³/mol. The van der Waals surface area contributed by atoms with Gasteiger partial charge in [0.05, 0.1) is 24.7 Å². The molecular weight excluding hydrogens is 424 g/mol. The van der Waals surface area contributed by atoms with Gasteiger partial charge in [0.1, 0.15) is 22.1 Å². The summed E-state index contributed by atoms with van der Waals surface area (Å²) in [6.45, 7) is 2.00. The zero-order valence-corrected chi connectivity index (χ0v) is 18.8. The second kappa shape index (κ2) is 8.03. The number of aromatic nitrogens is 3. The lowest BCUT2D eigenvalue weighted by Gasteiger charge is -2.27. The highest BCUT2D eigenvalue weighted by Gasteiger charge is 2.40. The quantitative estimate of drug-likeness (QED) is 0.340. The van der Waals surface area contributed by atoms with Gasteiger partial charge in [0.25, 0.3) is 5.91 Å². The van der Waals surface area contributed by atoms with Crippen LogP contribution in [-0.4, -0.2) is 32.6 Å². The Hall–Kier alpha value is -3.23. The van der Waals surface area contributed by atoms with Crippen molar-refractivity contribution < 1.29 is 14.7 Å². The number of hydroxylamine groups is 1. The van der Waals surface area contributed by atoms with Crippen molar-refractivity contribution in [1.82, 2.24) is 19.8 Å². The van der Waals surface area contributed by atoms with E-state index in [1.165, 1.54) is 0 Å². The summed E-state index contributed by atoms with van der Waals surface area (Å²) < 4.78 is 7.45. The lowest BCUT2D eigenvalue weighted by Crippen LogP contribution is -2.24. The van der Waals surface area contributed by atoms with Crippen LogP contribution in [0.3, 0.4) is 0 Å². The van der Waals surface area contributed by atoms with Crippen LogP contribution < -0.4 is 10.2 Å². The van der Waals surface area contributed by atoms with E-state index in [0.29, 0.717) is 5.56 Å². The highest BCUT2D eigenvalue weighted by molar-refractivity contribution is 7.10. The van der Waals surface area contributed by atoms with Gasteiger partial charge in [-0.2, -0.15) is 0 Å². The molecule has 7 nitrogen and oxygen atoms in total. The Kier molecular flexibility index (Phi) is 5.19. The third-order valence-corrected chi connectivity index (χ3v) is 7.46. The number of pyridine rings is 1. The van der Waals surface area contributed by atoms with Crippen LogP contribution in [0.5, 0.6) is 5.75 Å². The molecule has 3 aromatic heterocycles. The van der Waals surface area contributed by atoms with Crippen molar-refractivity contribution in [3.05, 3.63) is 69.8 Å². The summed E-state index contributed by atoms with van der Waals surface area (Å²) in [5.41, 5.74) is 6.79. The number of ether oxygens (including phenoxy) is 1. The Morgan fingerprint density at radius 1 is 1.16 bits per heavy atom. The highest BCUT2D eigenvalue weighted by atomic mass is 32.1. The van der Waals surface area contributed by atoms with Gasteiger partial charge in [-0.05, 0) is 49.6 Å². The predicted octanol–water partition coefficient (Wildman–Crippen LogP) is 4.75. The van der Waals surface area contributed by atoms with Gasteiger partial charge in [-0.3, -0.25) is 14.4 Å². The molecule has 5 rings (SSSR count). The number of thiazole rings is 1. The second-order valence-electron chi connectivity index (χ2n) is 8.19. The summed E-state index contributed by atoms with van der Waals surface area (Å²) in [5.74, 6) is 0.262. The van der Waals surface area contributed by atoms with Crippen molar-refractivity contribution in [3.8, 4) is 17.1 Å².